The predicted molar refractivity (Wildman–Crippen MR) is 110 cm³/mol. The summed E-state index contributed by atoms with van der Waals surface area (Å²) in [4.78, 5) is 22.3. The minimum Gasteiger partial charge on any atom is -0.354 e. The lowest BCUT2D eigenvalue weighted by Crippen LogP contribution is -2.49. The summed E-state index contributed by atoms with van der Waals surface area (Å²) in [7, 11) is 0. The van der Waals surface area contributed by atoms with Gasteiger partial charge in [-0.05, 0) is 12.1 Å². The summed E-state index contributed by atoms with van der Waals surface area (Å²) in [6.07, 6.45) is 0. The molecule has 0 aliphatic carbocycles. The number of aromatic nitrogens is 2. The van der Waals surface area contributed by atoms with Gasteiger partial charge in [-0.15, -0.1) is 11.8 Å². The largest absolute Gasteiger partial charge is 0.354 e. The minimum atomic E-state index is 0.0978. The molecule has 1 N–H and O–H groups in total. The molecule has 1 aliphatic heterocycles. The maximum Gasteiger partial charge on any atom is 0.240 e. The van der Waals surface area contributed by atoms with Crippen LogP contribution in [0.2, 0.25) is 0 Å². The number of rotatable bonds is 9. The van der Waals surface area contributed by atoms with Gasteiger partial charge in [0.1, 0.15) is 0 Å². The first-order valence-electron chi connectivity index (χ1n) is 9.82. The van der Waals surface area contributed by atoms with E-state index in [9.17, 15) is 4.79 Å². The number of hydrogen-bond acceptors (Lipinski definition) is 7. The summed E-state index contributed by atoms with van der Waals surface area (Å²) in [6, 6.07) is 10.2. The number of benzene rings is 1. The third kappa shape index (κ3) is 6.61. The highest BCUT2D eigenvalue weighted by Gasteiger charge is 2.21. The van der Waals surface area contributed by atoms with Gasteiger partial charge in [0.05, 0.1) is 13.1 Å². The molecule has 7 nitrogen and oxygen atoms in total. The number of nitrogens with zero attached hydrogens (tertiary/aromatic N) is 4. The molecule has 1 saturated heterocycles. The number of thioether (sulfide) groups is 1. The minimum absolute atomic E-state index is 0.0978. The van der Waals surface area contributed by atoms with Crippen molar-refractivity contribution in [3.8, 4) is 0 Å². The maximum absolute atomic E-state index is 12.2. The van der Waals surface area contributed by atoms with E-state index in [0.29, 0.717) is 25.5 Å². The van der Waals surface area contributed by atoms with E-state index in [0.717, 1.165) is 37.8 Å². The van der Waals surface area contributed by atoms with Gasteiger partial charge in [-0.25, -0.2) is 0 Å². The highest BCUT2D eigenvalue weighted by Crippen LogP contribution is 2.16. The fourth-order valence-corrected chi connectivity index (χ4v) is 3.79. The van der Waals surface area contributed by atoms with E-state index in [-0.39, 0.29) is 11.8 Å². The summed E-state index contributed by atoms with van der Waals surface area (Å²) in [5.74, 6) is 2.69. The first-order valence-corrected chi connectivity index (χ1v) is 10.8. The van der Waals surface area contributed by atoms with Crippen molar-refractivity contribution >= 4 is 17.7 Å². The van der Waals surface area contributed by atoms with E-state index in [2.05, 4.69) is 51.2 Å². The van der Waals surface area contributed by atoms with E-state index in [1.165, 1.54) is 4.90 Å². The van der Waals surface area contributed by atoms with Gasteiger partial charge in [-0.3, -0.25) is 14.6 Å². The lowest BCUT2D eigenvalue weighted by molar-refractivity contribution is -0.122. The molecule has 1 aromatic heterocycles. The Hall–Kier alpha value is -1.90. The van der Waals surface area contributed by atoms with Crippen LogP contribution in [0, 0.1) is 0 Å². The fourth-order valence-electron chi connectivity index (χ4n) is 3.00. The van der Waals surface area contributed by atoms with Crippen LogP contribution >= 0.6 is 11.8 Å². The summed E-state index contributed by atoms with van der Waals surface area (Å²) in [6.45, 7) is 9.48. The smallest absolute Gasteiger partial charge is 0.240 e. The Bertz CT molecular complexity index is 729. The topological polar surface area (TPSA) is 74.5 Å². The lowest BCUT2D eigenvalue weighted by atomic mass is 10.2. The van der Waals surface area contributed by atoms with Crippen LogP contribution < -0.4 is 5.32 Å². The molecule has 0 saturated carbocycles. The number of amides is 1. The summed E-state index contributed by atoms with van der Waals surface area (Å²) in [5, 5.41) is 7.03. The van der Waals surface area contributed by atoms with Crippen molar-refractivity contribution in [3.63, 3.8) is 0 Å². The average molecular weight is 404 g/mol. The summed E-state index contributed by atoms with van der Waals surface area (Å²) < 4.78 is 5.32. The Morgan fingerprint density at radius 2 is 1.89 bits per heavy atom. The highest BCUT2D eigenvalue weighted by atomic mass is 32.2. The van der Waals surface area contributed by atoms with Crippen molar-refractivity contribution in [1.29, 1.82) is 0 Å². The van der Waals surface area contributed by atoms with Crippen molar-refractivity contribution in [2.45, 2.75) is 31.2 Å². The molecule has 0 atom stereocenters. The van der Waals surface area contributed by atoms with Gasteiger partial charge >= 0.3 is 0 Å². The molecule has 0 radical (unpaired) electrons. The molecule has 3 rings (SSSR count). The predicted octanol–water partition coefficient (Wildman–Crippen LogP) is 2.22. The Kier molecular flexibility index (Phi) is 7.88. The molecule has 8 heteroatoms. The van der Waals surface area contributed by atoms with Crippen LogP contribution in [-0.2, 0) is 11.3 Å². The van der Waals surface area contributed by atoms with Crippen molar-refractivity contribution < 1.29 is 9.32 Å². The molecule has 0 spiro atoms. The van der Waals surface area contributed by atoms with Crippen LogP contribution in [-0.4, -0.2) is 70.9 Å². The van der Waals surface area contributed by atoms with Gasteiger partial charge in [-0.1, -0.05) is 37.2 Å². The standard InChI is InChI=1S/C20H29N5O2S/c1-16(2)20-22-19(27-23-20)15-25-11-9-24(10-12-25)14-18(26)21-8-13-28-17-6-4-3-5-7-17/h3-7,16H,8-15H2,1-2H3,(H,21,26). The highest BCUT2D eigenvalue weighted by molar-refractivity contribution is 7.99. The first-order chi connectivity index (χ1) is 13.6. The van der Waals surface area contributed by atoms with Crippen LogP contribution in [0.25, 0.3) is 0 Å². The monoisotopic (exact) mass is 403 g/mol. The van der Waals surface area contributed by atoms with Gasteiger partial charge in [0.15, 0.2) is 5.82 Å². The van der Waals surface area contributed by atoms with Crippen LogP contribution in [0.4, 0.5) is 0 Å². The number of carbonyl (C=O) groups excluding carboxylic acids is 1. The van der Waals surface area contributed by atoms with E-state index < -0.39 is 0 Å². The molecule has 1 amide bonds. The molecule has 0 bridgehead atoms. The second kappa shape index (κ2) is 10.6. The summed E-state index contributed by atoms with van der Waals surface area (Å²) >= 11 is 1.76. The molecule has 1 fully saturated rings. The Morgan fingerprint density at radius 3 is 2.57 bits per heavy atom. The zero-order chi connectivity index (χ0) is 19.8. The number of hydrogen-bond donors (Lipinski definition) is 1. The van der Waals surface area contributed by atoms with E-state index in [4.69, 9.17) is 4.52 Å². The van der Waals surface area contributed by atoms with E-state index in [1.54, 1.807) is 11.8 Å². The number of piperazine rings is 1. The zero-order valence-electron chi connectivity index (χ0n) is 16.6. The maximum atomic E-state index is 12.2. The first kappa shape index (κ1) is 20.8. The molecule has 2 heterocycles. The second-order valence-electron chi connectivity index (χ2n) is 7.26. The van der Waals surface area contributed by atoms with Gasteiger partial charge in [0.2, 0.25) is 11.8 Å². The van der Waals surface area contributed by atoms with E-state index in [1.807, 2.05) is 18.2 Å². The molecule has 0 unspecified atom stereocenters. The molecule has 1 aromatic carbocycles. The lowest BCUT2D eigenvalue weighted by Gasteiger charge is -2.33. The summed E-state index contributed by atoms with van der Waals surface area (Å²) in [5.41, 5.74) is 0. The second-order valence-corrected chi connectivity index (χ2v) is 8.43. The Labute approximate surface area is 170 Å². The van der Waals surface area contributed by atoms with Crippen LogP contribution in [0.1, 0.15) is 31.5 Å². The number of nitrogens with one attached hydrogen (secondary N) is 1. The van der Waals surface area contributed by atoms with Gasteiger partial charge in [0, 0.05) is 49.3 Å². The van der Waals surface area contributed by atoms with Crippen LogP contribution in [0.5, 0.6) is 0 Å². The average Bonchev–Trinajstić information content (AvgIpc) is 3.17. The third-order valence-electron chi connectivity index (χ3n) is 4.63. The van der Waals surface area contributed by atoms with Crippen molar-refractivity contribution in [2.75, 3.05) is 45.0 Å². The normalized spacial score (nSPS) is 15.8. The fraction of sp³-hybridized carbons (Fsp3) is 0.550. The molecular formula is C20H29N5O2S. The van der Waals surface area contributed by atoms with Gasteiger partial charge < -0.3 is 9.84 Å². The molecule has 152 valence electrons. The van der Waals surface area contributed by atoms with Crippen LogP contribution in [0.15, 0.2) is 39.8 Å². The Morgan fingerprint density at radius 1 is 1.18 bits per heavy atom. The molecule has 28 heavy (non-hydrogen) atoms. The molecular weight excluding hydrogens is 374 g/mol. The SMILES string of the molecule is CC(C)c1noc(CN2CCN(CC(=O)NCCSc3ccccc3)CC2)n1. The Balaban J connectivity index is 1.29. The van der Waals surface area contributed by atoms with Crippen LogP contribution in [0.3, 0.4) is 0 Å². The molecule has 2 aromatic rings. The number of carbonyl (C=O) groups is 1. The van der Waals surface area contributed by atoms with Crippen molar-refractivity contribution in [3.05, 3.63) is 42.0 Å². The quantitative estimate of drug-likeness (QED) is 0.508. The zero-order valence-corrected chi connectivity index (χ0v) is 17.5. The van der Waals surface area contributed by atoms with Gasteiger partial charge in [0.25, 0.3) is 0 Å². The molecule has 1 aliphatic rings. The van der Waals surface area contributed by atoms with Crippen molar-refractivity contribution in [1.82, 2.24) is 25.3 Å². The third-order valence-corrected chi connectivity index (χ3v) is 5.64. The van der Waals surface area contributed by atoms with Crippen molar-refractivity contribution in [2.24, 2.45) is 0 Å². The van der Waals surface area contributed by atoms with Gasteiger partial charge in [-0.2, -0.15) is 4.98 Å². The van der Waals surface area contributed by atoms with E-state index >= 15 is 0 Å².